The van der Waals surface area contributed by atoms with Gasteiger partial charge in [-0.3, -0.25) is 10.2 Å². The molecule has 0 spiro atoms. The van der Waals surface area contributed by atoms with Crippen LogP contribution in [0, 0.1) is 5.82 Å². The molecule has 0 radical (unpaired) electrons. The highest BCUT2D eigenvalue weighted by atomic mass is 32.2. The third-order valence-electron chi connectivity index (χ3n) is 3.61. The summed E-state index contributed by atoms with van der Waals surface area (Å²) in [6.07, 6.45) is -0.0966. The van der Waals surface area contributed by atoms with Crippen LogP contribution in [0.1, 0.15) is 5.69 Å². The van der Waals surface area contributed by atoms with Crippen LogP contribution in [0.5, 0.6) is 0 Å². The van der Waals surface area contributed by atoms with Crippen molar-refractivity contribution in [2.45, 2.75) is 11.3 Å². The Morgan fingerprint density at radius 3 is 2.77 bits per heavy atom. The van der Waals surface area contributed by atoms with Crippen molar-refractivity contribution >= 4 is 32.4 Å². The number of amides is 1. The van der Waals surface area contributed by atoms with Crippen molar-refractivity contribution in [3.05, 3.63) is 41.2 Å². The molecule has 11 heteroatoms. The molecule has 1 saturated heterocycles. The number of sulfonamides is 1. The standard InChI is InChI=1S/C15H17FN4O4S2/c16-12-3-1-2-4-13(12)26(22,23)19-18-14(21)9-11-10-25-15(17-11)20-5-7-24-8-6-20/h1-4,10,19H,5-9H2,(H,18,21). The summed E-state index contributed by atoms with van der Waals surface area (Å²) in [5, 5.41) is 2.54. The number of hydrogen-bond acceptors (Lipinski definition) is 7. The number of nitrogens with one attached hydrogen (secondary N) is 2. The Bertz CT molecular complexity index is 881. The second kappa shape index (κ2) is 8.08. The van der Waals surface area contributed by atoms with Gasteiger partial charge in [0.15, 0.2) is 5.13 Å². The van der Waals surface area contributed by atoms with Gasteiger partial charge in [0.25, 0.3) is 10.0 Å². The van der Waals surface area contributed by atoms with Gasteiger partial charge in [-0.15, -0.1) is 16.2 Å². The summed E-state index contributed by atoms with van der Waals surface area (Å²) in [5.74, 6) is -1.49. The fourth-order valence-corrected chi connectivity index (χ4v) is 4.15. The molecule has 1 aliphatic heterocycles. The van der Waals surface area contributed by atoms with Crippen molar-refractivity contribution in [3.63, 3.8) is 0 Å². The van der Waals surface area contributed by atoms with Gasteiger partial charge in [-0.25, -0.2) is 17.8 Å². The quantitative estimate of drug-likeness (QED) is 0.692. The van der Waals surface area contributed by atoms with Gasteiger partial charge in [-0.1, -0.05) is 12.1 Å². The summed E-state index contributed by atoms with van der Waals surface area (Å²) in [4.78, 5) is 19.8. The summed E-state index contributed by atoms with van der Waals surface area (Å²) in [6.45, 7) is 2.74. The maximum absolute atomic E-state index is 13.6. The molecule has 3 rings (SSSR count). The van der Waals surface area contributed by atoms with Crippen LogP contribution in [0.3, 0.4) is 0 Å². The Kier molecular flexibility index (Phi) is 5.81. The van der Waals surface area contributed by atoms with Gasteiger partial charge in [0.1, 0.15) is 10.7 Å². The summed E-state index contributed by atoms with van der Waals surface area (Å²) in [7, 11) is -4.19. The molecule has 1 fully saturated rings. The Hall–Kier alpha value is -2.08. The normalized spacial score (nSPS) is 15.0. The predicted molar refractivity (Wildman–Crippen MR) is 93.7 cm³/mol. The number of hydrazine groups is 1. The number of rotatable bonds is 6. The number of anilines is 1. The highest BCUT2D eigenvalue weighted by Gasteiger charge is 2.20. The molecular formula is C15H17FN4O4S2. The van der Waals surface area contributed by atoms with E-state index in [2.05, 4.69) is 15.3 Å². The predicted octanol–water partition coefficient (Wildman–Crippen LogP) is 0.671. The molecule has 0 bridgehead atoms. The molecule has 8 nitrogen and oxygen atoms in total. The third-order valence-corrected chi connectivity index (χ3v) is 5.85. The summed E-state index contributed by atoms with van der Waals surface area (Å²) in [6, 6.07) is 4.90. The van der Waals surface area contributed by atoms with Gasteiger partial charge in [0.05, 0.1) is 25.3 Å². The molecule has 0 atom stereocenters. The molecule has 1 aromatic carbocycles. The van der Waals surface area contributed by atoms with Crippen molar-refractivity contribution in [1.82, 2.24) is 15.2 Å². The number of carbonyl (C=O) groups is 1. The average Bonchev–Trinajstić information content (AvgIpc) is 3.09. The molecule has 140 valence electrons. The minimum Gasteiger partial charge on any atom is -0.378 e. The smallest absolute Gasteiger partial charge is 0.260 e. The van der Waals surface area contributed by atoms with Crippen molar-refractivity contribution in [3.8, 4) is 0 Å². The van der Waals surface area contributed by atoms with Crippen molar-refractivity contribution in [2.24, 2.45) is 0 Å². The summed E-state index contributed by atoms with van der Waals surface area (Å²) in [5.41, 5.74) is 2.60. The van der Waals surface area contributed by atoms with E-state index >= 15 is 0 Å². The number of carbonyl (C=O) groups excluding carboxylic acids is 1. The van der Waals surface area contributed by atoms with Gasteiger partial charge < -0.3 is 9.64 Å². The molecule has 2 heterocycles. The van der Waals surface area contributed by atoms with Crippen LogP contribution in [0.25, 0.3) is 0 Å². The Labute approximate surface area is 154 Å². The molecule has 0 saturated carbocycles. The van der Waals surface area contributed by atoms with E-state index in [1.165, 1.54) is 23.5 Å². The first-order chi connectivity index (χ1) is 12.5. The highest BCUT2D eigenvalue weighted by Crippen LogP contribution is 2.21. The van der Waals surface area contributed by atoms with Crippen LogP contribution in [0.4, 0.5) is 9.52 Å². The first-order valence-electron chi connectivity index (χ1n) is 7.78. The SMILES string of the molecule is O=C(Cc1csc(N2CCOCC2)n1)NNS(=O)(=O)c1ccccc1F. The number of halogens is 1. The summed E-state index contributed by atoms with van der Waals surface area (Å²) >= 11 is 1.41. The van der Waals surface area contributed by atoms with Crippen molar-refractivity contribution < 1.29 is 22.3 Å². The minimum atomic E-state index is -4.19. The first-order valence-corrected chi connectivity index (χ1v) is 10.1. The largest absolute Gasteiger partial charge is 0.378 e. The number of nitrogens with zero attached hydrogens (tertiary/aromatic N) is 2. The molecule has 2 aromatic rings. The van der Waals surface area contributed by atoms with E-state index in [4.69, 9.17) is 4.74 Å². The zero-order valence-corrected chi connectivity index (χ0v) is 15.3. The molecule has 26 heavy (non-hydrogen) atoms. The Morgan fingerprint density at radius 1 is 1.31 bits per heavy atom. The fourth-order valence-electron chi connectivity index (χ4n) is 2.33. The molecule has 1 aromatic heterocycles. The zero-order valence-electron chi connectivity index (χ0n) is 13.6. The number of aromatic nitrogens is 1. The fraction of sp³-hybridized carbons (Fsp3) is 0.333. The van der Waals surface area contributed by atoms with E-state index in [1.807, 2.05) is 4.83 Å². The lowest BCUT2D eigenvalue weighted by molar-refractivity contribution is -0.120. The van der Waals surface area contributed by atoms with Gasteiger partial charge in [-0.05, 0) is 12.1 Å². The van der Waals surface area contributed by atoms with Crippen LogP contribution in [0.15, 0.2) is 34.5 Å². The van der Waals surface area contributed by atoms with E-state index in [9.17, 15) is 17.6 Å². The van der Waals surface area contributed by atoms with Crippen LogP contribution in [0.2, 0.25) is 0 Å². The van der Waals surface area contributed by atoms with E-state index in [0.717, 1.165) is 30.4 Å². The first kappa shape index (κ1) is 18.7. The van der Waals surface area contributed by atoms with Crippen LogP contribution in [-0.4, -0.2) is 45.6 Å². The molecular weight excluding hydrogens is 383 g/mol. The lowest BCUT2D eigenvalue weighted by atomic mass is 10.3. The number of thiazole rings is 1. The van der Waals surface area contributed by atoms with Gasteiger partial charge in [0.2, 0.25) is 5.91 Å². The lowest BCUT2D eigenvalue weighted by Crippen LogP contribution is -2.42. The van der Waals surface area contributed by atoms with Gasteiger partial charge >= 0.3 is 0 Å². The van der Waals surface area contributed by atoms with Crippen molar-refractivity contribution in [1.29, 1.82) is 0 Å². The Balaban J connectivity index is 1.56. The number of benzene rings is 1. The second-order valence-corrected chi connectivity index (χ2v) is 7.97. The lowest BCUT2D eigenvalue weighted by Gasteiger charge is -2.26. The average molecular weight is 400 g/mol. The second-order valence-electron chi connectivity index (χ2n) is 5.48. The molecule has 1 aliphatic rings. The van der Waals surface area contributed by atoms with E-state index in [-0.39, 0.29) is 6.42 Å². The van der Waals surface area contributed by atoms with Crippen LogP contribution < -0.4 is 15.2 Å². The molecule has 2 N–H and O–H groups in total. The maximum atomic E-state index is 13.6. The zero-order chi connectivity index (χ0) is 18.6. The van der Waals surface area contributed by atoms with Gasteiger partial charge in [0, 0.05) is 18.5 Å². The molecule has 0 unspecified atom stereocenters. The molecule has 1 amide bonds. The monoisotopic (exact) mass is 400 g/mol. The number of hydrogen-bond donors (Lipinski definition) is 2. The van der Waals surface area contributed by atoms with Crippen molar-refractivity contribution in [2.75, 3.05) is 31.2 Å². The number of ether oxygens (including phenoxy) is 1. The minimum absolute atomic E-state index is 0.0966. The summed E-state index contributed by atoms with van der Waals surface area (Å²) < 4.78 is 42.9. The molecule has 0 aliphatic carbocycles. The maximum Gasteiger partial charge on any atom is 0.260 e. The topological polar surface area (TPSA) is 101 Å². The third kappa shape index (κ3) is 4.55. The Morgan fingerprint density at radius 2 is 2.04 bits per heavy atom. The number of morpholine rings is 1. The van der Waals surface area contributed by atoms with Gasteiger partial charge in [-0.2, -0.15) is 0 Å². The van der Waals surface area contributed by atoms with E-state index in [0.29, 0.717) is 18.9 Å². The van der Waals surface area contributed by atoms with E-state index < -0.39 is 26.6 Å². The van der Waals surface area contributed by atoms with Crippen LogP contribution >= 0.6 is 11.3 Å². The van der Waals surface area contributed by atoms with Crippen LogP contribution in [-0.2, 0) is 26.0 Å². The highest BCUT2D eigenvalue weighted by molar-refractivity contribution is 7.89. The van der Waals surface area contributed by atoms with E-state index in [1.54, 1.807) is 5.38 Å².